The maximum atomic E-state index is 12.2. The van der Waals surface area contributed by atoms with Crippen LogP contribution in [0.15, 0.2) is 48.5 Å². The first-order valence-corrected chi connectivity index (χ1v) is 7.34. The molecule has 2 aromatic rings. The maximum Gasteiger partial charge on any atom is 0.255 e. The molecule has 116 valence electrons. The lowest BCUT2D eigenvalue weighted by Gasteiger charge is -2.07. The van der Waals surface area contributed by atoms with Gasteiger partial charge in [-0.15, -0.1) is 0 Å². The first kappa shape index (κ1) is 16.2. The summed E-state index contributed by atoms with van der Waals surface area (Å²) < 4.78 is 0. The normalized spacial score (nSPS) is 9.74. The van der Waals surface area contributed by atoms with Crippen molar-refractivity contribution in [1.82, 2.24) is 5.32 Å². The van der Waals surface area contributed by atoms with Crippen molar-refractivity contribution >= 4 is 17.5 Å². The fourth-order valence-corrected chi connectivity index (χ4v) is 1.97. The van der Waals surface area contributed by atoms with Crippen molar-refractivity contribution in [1.29, 1.82) is 5.26 Å². The average Bonchev–Trinajstić information content (AvgIpc) is 2.60. The molecule has 2 rings (SSSR count). The van der Waals surface area contributed by atoms with Crippen LogP contribution in [0.1, 0.15) is 39.6 Å². The number of benzene rings is 2. The van der Waals surface area contributed by atoms with E-state index in [4.69, 9.17) is 5.26 Å². The number of hydrogen-bond acceptors (Lipinski definition) is 3. The van der Waals surface area contributed by atoms with E-state index in [-0.39, 0.29) is 11.8 Å². The number of amides is 2. The molecule has 2 N–H and O–H groups in total. The molecular weight excluding hydrogens is 290 g/mol. The second-order valence-corrected chi connectivity index (χ2v) is 4.98. The van der Waals surface area contributed by atoms with Gasteiger partial charge in [0.25, 0.3) is 11.8 Å². The highest BCUT2D eigenvalue weighted by molar-refractivity contribution is 6.06. The highest BCUT2D eigenvalue weighted by Crippen LogP contribution is 2.12. The molecule has 0 bridgehead atoms. The first-order valence-electron chi connectivity index (χ1n) is 7.34. The van der Waals surface area contributed by atoms with Crippen LogP contribution < -0.4 is 10.6 Å². The Labute approximate surface area is 134 Å². The quantitative estimate of drug-likeness (QED) is 0.891. The topological polar surface area (TPSA) is 82.0 Å². The van der Waals surface area contributed by atoms with Crippen LogP contribution in [0.3, 0.4) is 0 Å². The maximum absolute atomic E-state index is 12.2. The van der Waals surface area contributed by atoms with Crippen molar-refractivity contribution in [2.24, 2.45) is 0 Å². The van der Waals surface area contributed by atoms with Gasteiger partial charge in [0.15, 0.2) is 0 Å². The van der Waals surface area contributed by atoms with Gasteiger partial charge in [-0.3, -0.25) is 9.59 Å². The Bertz CT molecular complexity index is 746. The van der Waals surface area contributed by atoms with E-state index >= 15 is 0 Å². The van der Waals surface area contributed by atoms with Gasteiger partial charge in [0.05, 0.1) is 11.6 Å². The molecule has 0 heterocycles. The highest BCUT2D eigenvalue weighted by Gasteiger charge is 2.10. The van der Waals surface area contributed by atoms with E-state index in [2.05, 4.69) is 10.6 Å². The Balaban J connectivity index is 2.10. The van der Waals surface area contributed by atoms with Gasteiger partial charge in [0.2, 0.25) is 0 Å². The van der Waals surface area contributed by atoms with Crippen LogP contribution in [0.2, 0.25) is 0 Å². The molecular formula is C18H17N3O2. The first-order chi connectivity index (χ1) is 11.1. The molecule has 2 amide bonds. The zero-order chi connectivity index (χ0) is 16.7. The number of nitrogens with one attached hydrogen (secondary N) is 2. The monoisotopic (exact) mass is 307 g/mol. The molecule has 5 heteroatoms. The van der Waals surface area contributed by atoms with Crippen molar-refractivity contribution in [3.8, 4) is 6.07 Å². The summed E-state index contributed by atoms with van der Waals surface area (Å²) in [5.74, 6) is -0.500. The summed E-state index contributed by atoms with van der Waals surface area (Å²) in [4.78, 5) is 24.2. The lowest BCUT2D eigenvalue weighted by molar-refractivity contribution is 0.0953. The standard InChI is InChI=1S/C18H17N3O2/c1-2-10-20-17(22)14-4-3-5-15(11-14)18(23)21-16-8-6-13(12-19)7-9-16/h3-9,11H,2,10H2,1H3,(H,20,22)(H,21,23). The molecule has 0 atom stereocenters. The van der Waals surface area contributed by atoms with Crippen molar-refractivity contribution in [2.75, 3.05) is 11.9 Å². The van der Waals surface area contributed by atoms with Crippen LogP contribution >= 0.6 is 0 Å². The summed E-state index contributed by atoms with van der Waals surface area (Å²) in [5.41, 5.74) is 1.97. The molecule has 0 radical (unpaired) electrons. The molecule has 0 unspecified atom stereocenters. The fraction of sp³-hybridized carbons (Fsp3) is 0.167. The number of nitrogens with zero attached hydrogens (tertiary/aromatic N) is 1. The second kappa shape index (κ2) is 7.76. The zero-order valence-electron chi connectivity index (χ0n) is 12.8. The zero-order valence-corrected chi connectivity index (χ0v) is 12.8. The van der Waals surface area contributed by atoms with Crippen LogP contribution in [-0.4, -0.2) is 18.4 Å². The molecule has 0 aromatic heterocycles. The van der Waals surface area contributed by atoms with Gasteiger partial charge in [0.1, 0.15) is 0 Å². The Kier molecular flexibility index (Phi) is 5.48. The Morgan fingerprint density at radius 1 is 1.04 bits per heavy atom. The predicted octanol–water partition coefficient (Wildman–Crippen LogP) is 2.95. The summed E-state index contributed by atoms with van der Waals surface area (Å²) in [6.45, 7) is 2.57. The third kappa shape index (κ3) is 4.42. The van der Waals surface area contributed by atoms with E-state index in [9.17, 15) is 9.59 Å². The molecule has 0 aliphatic rings. The Hall–Kier alpha value is -3.13. The Morgan fingerprint density at radius 3 is 2.30 bits per heavy atom. The minimum absolute atomic E-state index is 0.195. The molecule has 23 heavy (non-hydrogen) atoms. The van der Waals surface area contributed by atoms with Gasteiger partial charge in [0, 0.05) is 23.4 Å². The minimum atomic E-state index is -0.306. The number of nitriles is 1. The summed E-state index contributed by atoms with van der Waals surface area (Å²) >= 11 is 0. The van der Waals surface area contributed by atoms with Gasteiger partial charge in [-0.25, -0.2) is 0 Å². The van der Waals surface area contributed by atoms with Crippen LogP contribution in [0.4, 0.5) is 5.69 Å². The average molecular weight is 307 g/mol. The van der Waals surface area contributed by atoms with Crippen LogP contribution in [-0.2, 0) is 0 Å². The van der Waals surface area contributed by atoms with Crippen molar-refractivity contribution in [3.05, 3.63) is 65.2 Å². The van der Waals surface area contributed by atoms with E-state index in [1.807, 2.05) is 13.0 Å². The van der Waals surface area contributed by atoms with Gasteiger partial charge in [-0.2, -0.15) is 5.26 Å². The molecule has 0 saturated carbocycles. The third-order valence-corrected chi connectivity index (χ3v) is 3.19. The van der Waals surface area contributed by atoms with E-state index < -0.39 is 0 Å². The largest absolute Gasteiger partial charge is 0.352 e. The van der Waals surface area contributed by atoms with Crippen molar-refractivity contribution in [3.63, 3.8) is 0 Å². The molecule has 0 aliphatic heterocycles. The summed E-state index contributed by atoms with van der Waals surface area (Å²) in [7, 11) is 0. The summed E-state index contributed by atoms with van der Waals surface area (Å²) in [6, 6.07) is 15.2. The lowest BCUT2D eigenvalue weighted by atomic mass is 10.1. The van der Waals surface area contributed by atoms with E-state index in [1.165, 1.54) is 0 Å². The molecule has 2 aromatic carbocycles. The number of carbonyl (C=O) groups is 2. The molecule has 0 saturated heterocycles. The van der Waals surface area contributed by atoms with Gasteiger partial charge < -0.3 is 10.6 Å². The smallest absolute Gasteiger partial charge is 0.255 e. The summed E-state index contributed by atoms with van der Waals surface area (Å²) in [6.07, 6.45) is 0.852. The van der Waals surface area contributed by atoms with Crippen LogP contribution in [0, 0.1) is 11.3 Å². The molecule has 0 aliphatic carbocycles. The molecule has 0 fully saturated rings. The number of anilines is 1. The lowest BCUT2D eigenvalue weighted by Crippen LogP contribution is -2.24. The molecule has 5 nitrogen and oxygen atoms in total. The number of hydrogen-bond donors (Lipinski definition) is 2. The Morgan fingerprint density at radius 2 is 1.70 bits per heavy atom. The minimum Gasteiger partial charge on any atom is -0.352 e. The second-order valence-electron chi connectivity index (χ2n) is 4.98. The van der Waals surface area contributed by atoms with E-state index in [0.29, 0.717) is 28.9 Å². The van der Waals surface area contributed by atoms with Crippen molar-refractivity contribution in [2.45, 2.75) is 13.3 Å². The van der Waals surface area contributed by atoms with E-state index in [1.54, 1.807) is 48.5 Å². The van der Waals surface area contributed by atoms with E-state index in [0.717, 1.165) is 6.42 Å². The number of carbonyl (C=O) groups excluding carboxylic acids is 2. The summed E-state index contributed by atoms with van der Waals surface area (Å²) in [5, 5.41) is 14.3. The van der Waals surface area contributed by atoms with Gasteiger partial charge in [-0.1, -0.05) is 13.0 Å². The number of rotatable bonds is 5. The van der Waals surface area contributed by atoms with Crippen LogP contribution in [0.25, 0.3) is 0 Å². The fourth-order valence-electron chi connectivity index (χ4n) is 1.97. The SMILES string of the molecule is CCCNC(=O)c1cccc(C(=O)Nc2ccc(C#N)cc2)c1. The molecule has 0 spiro atoms. The predicted molar refractivity (Wildman–Crippen MR) is 88.2 cm³/mol. The van der Waals surface area contributed by atoms with Gasteiger partial charge >= 0.3 is 0 Å². The highest BCUT2D eigenvalue weighted by atomic mass is 16.2. The van der Waals surface area contributed by atoms with Crippen molar-refractivity contribution < 1.29 is 9.59 Å². The third-order valence-electron chi connectivity index (χ3n) is 3.19. The van der Waals surface area contributed by atoms with Gasteiger partial charge in [-0.05, 0) is 48.9 Å². The van der Waals surface area contributed by atoms with Crippen LogP contribution in [0.5, 0.6) is 0 Å².